The van der Waals surface area contributed by atoms with Crippen LogP contribution in [0.4, 0.5) is 13.2 Å². The van der Waals surface area contributed by atoms with Crippen LogP contribution >= 0.6 is 12.2 Å². The standard InChI is InChI=1S/C17H18F3NS/c1-8(13(11(4)22)7-21-12-5-6-12)14-16(19)9(2)15(18)10(3)17(14)20/h7,12,21H,1,5-6H2,2-4H3/b13-7-. The van der Waals surface area contributed by atoms with Gasteiger partial charge in [0.25, 0.3) is 0 Å². The second-order valence-corrected chi connectivity index (χ2v) is 6.21. The number of hydrogen-bond donors (Lipinski definition) is 1. The summed E-state index contributed by atoms with van der Waals surface area (Å²) in [5, 5.41) is 3.14. The minimum atomic E-state index is -0.931. The molecule has 5 heteroatoms. The first-order chi connectivity index (χ1) is 10.3. The normalized spacial score (nSPS) is 14.9. The zero-order chi connectivity index (χ0) is 16.6. The average Bonchev–Trinajstić information content (AvgIpc) is 3.27. The van der Waals surface area contributed by atoms with Gasteiger partial charge in [0.2, 0.25) is 0 Å². The van der Waals surface area contributed by atoms with Gasteiger partial charge in [0, 0.05) is 33.8 Å². The predicted octanol–water partition coefficient (Wildman–Crippen LogP) is 4.76. The molecule has 1 aliphatic rings. The lowest BCUT2D eigenvalue weighted by molar-refractivity contribution is 0.518. The molecule has 1 saturated carbocycles. The highest BCUT2D eigenvalue weighted by Gasteiger charge is 2.25. The Balaban J connectivity index is 2.51. The van der Waals surface area contributed by atoms with Crippen molar-refractivity contribution < 1.29 is 13.2 Å². The van der Waals surface area contributed by atoms with Crippen LogP contribution in [0.25, 0.3) is 5.57 Å². The van der Waals surface area contributed by atoms with Crippen LogP contribution in [0.5, 0.6) is 0 Å². The van der Waals surface area contributed by atoms with Crippen LogP contribution in [-0.2, 0) is 0 Å². The number of nitrogens with one attached hydrogen (secondary N) is 1. The first-order valence-electron chi connectivity index (χ1n) is 7.06. The smallest absolute Gasteiger partial charge is 0.139 e. The van der Waals surface area contributed by atoms with Crippen LogP contribution in [0.2, 0.25) is 0 Å². The van der Waals surface area contributed by atoms with Gasteiger partial charge in [0.05, 0.1) is 5.56 Å². The third kappa shape index (κ3) is 3.09. The minimum Gasteiger partial charge on any atom is -0.388 e. The maximum absolute atomic E-state index is 14.4. The van der Waals surface area contributed by atoms with Crippen molar-refractivity contribution in [2.45, 2.75) is 39.7 Å². The third-order valence-electron chi connectivity index (χ3n) is 3.80. The van der Waals surface area contributed by atoms with E-state index in [1.165, 1.54) is 13.8 Å². The van der Waals surface area contributed by atoms with Crippen LogP contribution in [0.1, 0.15) is 36.5 Å². The largest absolute Gasteiger partial charge is 0.388 e. The van der Waals surface area contributed by atoms with E-state index in [-0.39, 0.29) is 22.3 Å². The van der Waals surface area contributed by atoms with Crippen molar-refractivity contribution in [3.8, 4) is 0 Å². The van der Waals surface area contributed by atoms with Gasteiger partial charge in [0.15, 0.2) is 0 Å². The summed E-state index contributed by atoms with van der Waals surface area (Å²) in [5.74, 6) is -2.73. The van der Waals surface area contributed by atoms with Crippen molar-refractivity contribution in [3.63, 3.8) is 0 Å². The lowest BCUT2D eigenvalue weighted by atomic mass is 9.93. The van der Waals surface area contributed by atoms with Crippen molar-refractivity contribution in [3.05, 3.63) is 52.5 Å². The van der Waals surface area contributed by atoms with Crippen molar-refractivity contribution >= 4 is 22.7 Å². The van der Waals surface area contributed by atoms with Gasteiger partial charge in [-0.15, -0.1) is 0 Å². The molecule has 0 heterocycles. The van der Waals surface area contributed by atoms with Gasteiger partial charge in [-0.25, -0.2) is 13.2 Å². The Morgan fingerprint density at radius 3 is 2.05 bits per heavy atom. The first-order valence-corrected chi connectivity index (χ1v) is 7.47. The molecule has 22 heavy (non-hydrogen) atoms. The summed E-state index contributed by atoms with van der Waals surface area (Å²) in [4.78, 5) is 0.469. The molecule has 0 atom stereocenters. The van der Waals surface area contributed by atoms with Crippen LogP contribution in [0.15, 0.2) is 18.4 Å². The fourth-order valence-corrected chi connectivity index (χ4v) is 2.38. The molecule has 0 aromatic heterocycles. The molecule has 0 saturated heterocycles. The molecule has 0 bridgehead atoms. The fourth-order valence-electron chi connectivity index (χ4n) is 2.20. The lowest BCUT2D eigenvalue weighted by Crippen LogP contribution is -2.13. The van der Waals surface area contributed by atoms with E-state index in [9.17, 15) is 13.2 Å². The van der Waals surface area contributed by atoms with Crippen molar-refractivity contribution in [2.24, 2.45) is 0 Å². The molecular formula is C17H18F3NS. The number of allylic oxidation sites excluding steroid dienone is 2. The minimum absolute atomic E-state index is 0.127. The number of thiocarbonyl (C=S) groups is 1. The van der Waals surface area contributed by atoms with E-state index < -0.39 is 17.5 Å². The molecule has 1 aromatic rings. The van der Waals surface area contributed by atoms with Gasteiger partial charge in [-0.2, -0.15) is 0 Å². The molecule has 1 N–H and O–H groups in total. The SMILES string of the molecule is C=C(/C(=C/NC1CC1)C(C)=S)c1c(F)c(C)c(F)c(C)c1F. The monoisotopic (exact) mass is 325 g/mol. The molecule has 0 aliphatic heterocycles. The molecule has 118 valence electrons. The second kappa shape index (κ2) is 6.24. The zero-order valence-electron chi connectivity index (χ0n) is 12.8. The Morgan fingerprint density at radius 1 is 1.14 bits per heavy atom. The number of hydrogen-bond acceptors (Lipinski definition) is 2. The van der Waals surface area contributed by atoms with Crippen molar-refractivity contribution in [1.82, 2.24) is 5.32 Å². The van der Waals surface area contributed by atoms with E-state index >= 15 is 0 Å². The molecule has 0 spiro atoms. The maximum Gasteiger partial charge on any atom is 0.139 e. The molecule has 1 nitrogen and oxygen atoms in total. The molecule has 0 unspecified atom stereocenters. The second-order valence-electron chi connectivity index (χ2n) is 5.60. The average molecular weight is 325 g/mol. The van der Waals surface area contributed by atoms with Gasteiger partial charge in [-0.05, 0) is 39.2 Å². The van der Waals surface area contributed by atoms with E-state index in [0.717, 1.165) is 12.8 Å². The molecule has 1 aromatic carbocycles. The summed E-state index contributed by atoms with van der Waals surface area (Å²) in [5.41, 5.74) is -0.158. The number of benzene rings is 1. The van der Waals surface area contributed by atoms with Gasteiger partial charge in [-0.3, -0.25) is 0 Å². The van der Waals surface area contributed by atoms with E-state index in [2.05, 4.69) is 11.9 Å². The third-order valence-corrected chi connectivity index (χ3v) is 4.02. The Bertz CT molecular complexity index is 659. The van der Waals surface area contributed by atoms with E-state index in [0.29, 0.717) is 16.5 Å². The summed E-state index contributed by atoms with van der Waals surface area (Å²) in [7, 11) is 0. The summed E-state index contributed by atoms with van der Waals surface area (Å²) in [6.07, 6.45) is 3.77. The Morgan fingerprint density at radius 2 is 1.64 bits per heavy atom. The molecule has 2 rings (SSSR count). The topological polar surface area (TPSA) is 12.0 Å². The van der Waals surface area contributed by atoms with Gasteiger partial charge in [0.1, 0.15) is 17.5 Å². The van der Waals surface area contributed by atoms with Gasteiger partial charge >= 0.3 is 0 Å². The Labute approximate surface area is 133 Å². The predicted molar refractivity (Wildman–Crippen MR) is 87.3 cm³/mol. The number of halogens is 3. The van der Waals surface area contributed by atoms with Gasteiger partial charge < -0.3 is 5.32 Å². The molecular weight excluding hydrogens is 307 g/mol. The van der Waals surface area contributed by atoms with Crippen molar-refractivity contribution in [2.75, 3.05) is 0 Å². The Kier molecular flexibility index (Phi) is 4.75. The first kappa shape index (κ1) is 16.7. The summed E-state index contributed by atoms with van der Waals surface area (Å²) >= 11 is 5.16. The quantitative estimate of drug-likeness (QED) is 0.476. The van der Waals surface area contributed by atoms with E-state index in [4.69, 9.17) is 12.2 Å². The van der Waals surface area contributed by atoms with E-state index in [1.54, 1.807) is 13.1 Å². The summed E-state index contributed by atoms with van der Waals surface area (Å²) in [6, 6.07) is 0.378. The molecule has 1 fully saturated rings. The highest BCUT2D eigenvalue weighted by molar-refractivity contribution is 7.80. The van der Waals surface area contributed by atoms with Crippen LogP contribution in [-0.4, -0.2) is 10.9 Å². The molecule has 1 aliphatic carbocycles. The maximum atomic E-state index is 14.4. The summed E-state index contributed by atoms with van der Waals surface area (Å²) < 4.78 is 42.5. The Hall–Kier alpha value is -1.62. The van der Waals surface area contributed by atoms with Crippen LogP contribution in [0, 0.1) is 31.3 Å². The van der Waals surface area contributed by atoms with Crippen molar-refractivity contribution in [1.29, 1.82) is 0 Å². The fraction of sp³-hybridized carbons (Fsp3) is 0.353. The molecule has 0 radical (unpaired) electrons. The highest BCUT2D eigenvalue weighted by atomic mass is 32.1. The van der Waals surface area contributed by atoms with Crippen LogP contribution < -0.4 is 5.32 Å². The van der Waals surface area contributed by atoms with E-state index in [1.807, 2.05) is 0 Å². The summed E-state index contributed by atoms with van der Waals surface area (Å²) in [6.45, 7) is 8.01. The number of rotatable bonds is 5. The molecule has 0 amide bonds. The van der Waals surface area contributed by atoms with Gasteiger partial charge in [-0.1, -0.05) is 18.8 Å². The zero-order valence-corrected chi connectivity index (χ0v) is 13.6. The van der Waals surface area contributed by atoms with Crippen LogP contribution in [0.3, 0.4) is 0 Å². The highest BCUT2D eigenvalue weighted by Crippen LogP contribution is 2.32. The lowest BCUT2D eigenvalue weighted by Gasteiger charge is -2.16.